The molecule has 0 bridgehead atoms. The number of hydrogen-bond donors (Lipinski definition) is 3. The lowest BCUT2D eigenvalue weighted by Crippen LogP contribution is -2.30. The fraction of sp³-hybridized carbons (Fsp3) is 0.857. The molecule has 2 unspecified atom stereocenters. The Morgan fingerprint density at radius 1 is 1.31 bits per heavy atom. The summed E-state index contributed by atoms with van der Waals surface area (Å²) in [6, 6.07) is -0.593. The Bertz CT molecular complexity index is 134. The minimum absolute atomic E-state index is 0. The zero-order valence-electron chi connectivity index (χ0n) is 7.60. The van der Waals surface area contributed by atoms with E-state index in [-0.39, 0.29) is 30.9 Å². The van der Waals surface area contributed by atoms with Gasteiger partial charge in [-0.1, -0.05) is 0 Å². The van der Waals surface area contributed by atoms with E-state index in [9.17, 15) is 4.79 Å². The molecular weight excluding hydrogens is 215 g/mol. The molecule has 0 amide bonds. The van der Waals surface area contributed by atoms with Crippen LogP contribution in [-0.4, -0.2) is 23.2 Å². The van der Waals surface area contributed by atoms with Gasteiger partial charge in [0.25, 0.3) is 0 Å². The zero-order valence-corrected chi connectivity index (χ0v) is 9.24. The molecule has 0 aromatic carbocycles. The van der Waals surface area contributed by atoms with Gasteiger partial charge in [-0.25, -0.2) is 0 Å². The first-order valence-corrected chi connectivity index (χ1v) is 3.78. The van der Waals surface area contributed by atoms with Crippen LogP contribution in [0.3, 0.4) is 0 Å². The van der Waals surface area contributed by atoms with Crippen molar-refractivity contribution < 1.29 is 9.90 Å². The predicted octanol–water partition coefficient (Wildman–Crippen LogP) is 0.759. The average Bonchev–Trinajstić information content (AvgIpc) is 1.86. The molecule has 13 heavy (non-hydrogen) atoms. The van der Waals surface area contributed by atoms with Crippen LogP contribution in [0.1, 0.15) is 26.2 Å². The third kappa shape index (κ3) is 12.0. The normalized spacial score (nSPS) is 13.5. The van der Waals surface area contributed by atoms with Gasteiger partial charge in [0.15, 0.2) is 0 Å². The molecule has 0 aliphatic heterocycles. The minimum Gasteiger partial charge on any atom is -0.480 e. The Kier molecular flexibility index (Phi) is 14.5. The predicted molar refractivity (Wildman–Crippen MR) is 57.6 cm³/mol. The van der Waals surface area contributed by atoms with Gasteiger partial charge in [0.05, 0.1) is 0 Å². The molecule has 0 radical (unpaired) electrons. The van der Waals surface area contributed by atoms with E-state index in [4.69, 9.17) is 16.6 Å². The number of rotatable bonds is 5. The SMILES string of the molecule is CC(N)CCCC(N)C(=O)O.Cl.Cl. The van der Waals surface area contributed by atoms with Gasteiger partial charge in [-0.3, -0.25) is 4.79 Å². The van der Waals surface area contributed by atoms with Gasteiger partial charge >= 0.3 is 5.97 Å². The van der Waals surface area contributed by atoms with Crippen LogP contribution in [0.5, 0.6) is 0 Å². The summed E-state index contributed by atoms with van der Waals surface area (Å²) in [6.07, 6.45) is 2.13. The van der Waals surface area contributed by atoms with E-state index >= 15 is 0 Å². The van der Waals surface area contributed by atoms with Gasteiger partial charge in [-0.2, -0.15) is 0 Å². The summed E-state index contributed by atoms with van der Waals surface area (Å²) in [5.74, 6) is -0.935. The van der Waals surface area contributed by atoms with Crippen molar-refractivity contribution in [3.8, 4) is 0 Å². The van der Waals surface area contributed by atoms with E-state index in [1.165, 1.54) is 0 Å². The standard InChI is InChI=1S/C7H16N2O2.2ClH/c1-5(8)3-2-4-6(9)7(10)11;;/h5-6H,2-4,8-9H2,1H3,(H,10,11);2*1H. The number of hydrogen-bond acceptors (Lipinski definition) is 3. The van der Waals surface area contributed by atoms with Crippen LogP contribution in [0.4, 0.5) is 0 Å². The van der Waals surface area contributed by atoms with Crippen LogP contribution in [0.2, 0.25) is 0 Å². The Labute approximate surface area is 90.9 Å². The van der Waals surface area contributed by atoms with E-state index in [0.717, 1.165) is 12.8 Å². The van der Waals surface area contributed by atoms with E-state index in [0.29, 0.717) is 6.42 Å². The summed E-state index contributed by atoms with van der Waals surface area (Å²) in [5, 5.41) is 8.39. The van der Waals surface area contributed by atoms with Crippen LogP contribution in [-0.2, 0) is 4.79 Å². The number of carboxylic acid groups (broad SMARTS) is 1. The Balaban J connectivity index is -0.000000500. The number of nitrogens with two attached hydrogens (primary N) is 2. The molecule has 0 aliphatic carbocycles. The summed E-state index contributed by atoms with van der Waals surface area (Å²) in [5.41, 5.74) is 10.7. The lowest BCUT2D eigenvalue weighted by atomic mass is 10.1. The molecule has 0 rings (SSSR count). The lowest BCUT2D eigenvalue weighted by molar-refractivity contribution is -0.138. The summed E-state index contributed by atoms with van der Waals surface area (Å²) >= 11 is 0. The number of halogens is 2. The molecule has 0 heterocycles. The molecular formula is C7H18Cl2N2O2. The van der Waals surface area contributed by atoms with E-state index in [1.54, 1.807) is 0 Å². The highest BCUT2D eigenvalue weighted by molar-refractivity contribution is 5.85. The molecule has 0 aromatic heterocycles. The van der Waals surface area contributed by atoms with Gasteiger partial charge in [-0.15, -0.1) is 24.8 Å². The van der Waals surface area contributed by atoms with Gasteiger partial charge in [0.1, 0.15) is 6.04 Å². The largest absolute Gasteiger partial charge is 0.480 e. The second kappa shape index (κ2) is 10.1. The van der Waals surface area contributed by atoms with E-state index in [2.05, 4.69) is 0 Å². The van der Waals surface area contributed by atoms with Crippen LogP contribution < -0.4 is 11.5 Å². The topological polar surface area (TPSA) is 89.3 Å². The van der Waals surface area contributed by atoms with Crippen molar-refractivity contribution in [1.82, 2.24) is 0 Å². The Hall–Kier alpha value is -0.0300. The van der Waals surface area contributed by atoms with Crippen LogP contribution in [0.25, 0.3) is 0 Å². The van der Waals surface area contributed by atoms with Crippen molar-refractivity contribution in [3.63, 3.8) is 0 Å². The summed E-state index contributed by atoms with van der Waals surface area (Å²) in [6.45, 7) is 1.90. The molecule has 5 N–H and O–H groups in total. The molecule has 0 spiro atoms. The molecule has 2 atom stereocenters. The number of aliphatic carboxylic acids is 1. The van der Waals surface area contributed by atoms with Crippen molar-refractivity contribution in [1.29, 1.82) is 0 Å². The molecule has 0 saturated heterocycles. The van der Waals surface area contributed by atoms with Crippen molar-refractivity contribution in [2.24, 2.45) is 11.5 Å². The third-order valence-electron chi connectivity index (χ3n) is 1.49. The maximum Gasteiger partial charge on any atom is 0.320 e. The Morgan fingerprint density at radius 3 is 2.08 bits per heavy atom. The molecule has 4 nitrogen and oxygen atoms in total. The molecule has 0 aliphatic rings. The summed E-state index contributed by atoms with van der Waals surface area (Å²) < 4.78 is 0. The van der Waals surface area contributed by atoms with Crippen LogP contribution in [0.15, 0.2) is 0 Å². The fourth-order valence-corrected chi connectivity index (χ4v) is 0.783. The van der Waals surface area contributed by atoms with Crippen molar-refractivity contribution >= 4 is 30.8 Å². The van der Waals surface area contributed by atoms with Gasteiger partial charge in [0.2, 0.25) is 0 Å². The zero-order chi connectivity index (χ0) is 8.85. The maximum atomic E-state index is 10.2. The molecule has 0 aromatic rings. The van der Waals surface area contributed by atoms with Crippen molar-refractivity contribution in [2.75, 3.05) is 0 Å². The monoisotopic (exact) mass is 232 g/mol. The molecule has 82 valence electrons. The third-order valence-corrected chi connectivity index (χ3v) is 1.49. The highest BCUT2D eigenvalue weighted by atomic mass is 35.5. The molecule has 0 fully saturated rings. The second-order valence-electron chi connectivity index (χ2n) is 2.85. The first-order valence-electron chi connectivity index (χ1n) is 3.78. The smallest absolute Gasteiger partial charge is 0.320 e. The quantitative estimate of drug-likeness (QED) is 0.653. The average molecular weight is 233 g/mol. The van der Waals surface area contributed by atoms with E-state index in [1.807, 2.05) is 6.92 Å². The number of carboxylic acids is 1. The van der Waals surface area contributed by atoms with E-state index < -0.39 is 12.0 Å². The summed E-state index contributed by atoms with van der Waals surface area (Å²) in [7, 11) is 0. The number of carbonyl (C=O) groups is 1. The van der Waals surface area contributed by atoms with Gasteiger partial charge in [0, 0.05) is 6.04 Å². The first kappa shape index (κ1) is 18.7. The minimum atomic E-state index is -0.935. The van der Waals surface area contributed by atoms with Gasteiger partial charge < -0.3 is 16.6 Å². The second-order valence-corrected chi connectivity index (χ2v) is 2.85. The highest BCUT2D eigenvalue weighted by Gasteiger charge is 2.10. The van der Waals surface area contributed by atoms with Crippen molar-refractivity contribution in [2.45, 2.75) is 38.3 Å². The maximum absolute atomic E-state index is 10.2. The lowest BCUT2D eigenvalue weighted by Gasteiger charge is -2.07. The highest BCUT2D eigenvalue weighted by Crippen LogP contribution is 2.00. The van der Waals surface area contributed by atoms with Crippen LogP contribution >= 0.6 is 24.8 Å². The first-order chi connectivity index (χ1) is 5.04. The summed E-state index contributed by atoms with van der Waals surface area (Å²) in [4.78, 5) is 10.2. The van der Waals surface area contributed by atoms with Crippen molar-refractivity contribution in [3.05, 3.63) is 0 Å². The van der Waals surface area contributed by atoms with Gasteiger partial charge in [-0.05, 0) is 26.2 Å². The Morgan fingerprint density at radius 2 is 1.77 bits per heavy atom. The fourth-order valence-electron chi connectivity index (χ4n) is 0.783. The molecule has 6 heteroatoms. The van der Waals surface area contributed by atoms with Crippen LogP contribution in [0, 0.1) is 0 Å². The molecule has 0 saturated carbocycles.